The Kier molecular flexibility index (Phi) is 5.65. The van der Waals surface area contributed by atoms with E-state index < -0.39 is 0 Å². The zero-order valence-electron chi connectivity index (χ0n) is 14.1. The lowest BCUT2D eigenvalue weighted by molar-refractivity contribution is 0.161. The molecule has 2 rings (SSSR count). The summed E-state index contributed by atoms with van der Waals surface area (Å²) in [5.41, 5.74) is 2.48. The van der Waals surface area contributed by atoms with Crippen LogP contribution in [0, 0.1) is 18.8 Å². The highest BCUT2D eigenvalue weighted by atomic mass is 16.5. The first kappa shape index (κ1) is 16.3. The molecule has 1 aromatic heterocycles. The van der Waals surface area contributed by atoms with Gasteiger partial charge in [0.2, 0.25) is 0 Å². The Labute approximate surface area is 128 Å². The molecule has 1 fully saturated rings. The minimum absolute atomic E-state index is 0.640. The summed E-state index contributed by atoms with van der Waals surface area (Å²) in [6.07, 6.45) is 1.21. The summed E-state index contributed by atoms with van der Waals surface area (Å²) in [7, 11) is 3.84. The van der Waals surface area contributed by atoms with E-state index in [0.29, 0.717) is 11.8 Å². The van der Waals surface area contributed by atoms with Crippen molar-refractivity contribution in [1.82, 2.24) is 15.1 Å². The van der Waals surface area contributed by atoms with Gasteiger partial charge in [-0.25, -0.2) is 0 Å². The van der Waals surface area contributed by atoms with Gasteiger partial charge < -0.3 is 15.0 Å². The van der Waals surface area contributed by atoms with Gasteiger partial charge in [-0.15, -0.1) is 0 Å². The lowest BCUT2D eigenvalue weighted by atomic mass is 10.1. The maximum Gasteiger partial charge on any atom is 0.131 e. The lowest BCUT2D eigenvalue weighted by Crippen LogP contribution is -2.26. The topological polar surface area (TPSA) is 42.3 Å². The van der Waals surface area contributed by atoms with Crippen LogP contribution >= 0.6 is 0 Å². The Morgan fingerprint density at radius 3 is 2.86 bits per heavy atom. The predicted octanol–water partition coefficient (Wildman–Crippen LogP) is 1.95. The molecule has 0 amide bonds. The minimum Gasteiger partial charge on any atom is -0.384 e. The maximum atomic E-state index is 5.31. The van der Waals surface area contributed by atoms with E-state index in [4.69, 9.17) is 4.74 Å². The number of aromatic nitrogens is 2. The zero-order chi connectivity index (χ0) is 15.4. The average molecular weight is 294 g/mol. The van der Waals surface area contributed by atoms with Gasteiger partial charge in [-0.2, -0.15) is 5.10 Å². The molecule has 21 heavy (non-hydrogen) atoms. The number of methoxy groups -OCH3 is 1. The van der Waals surface area contributed by atoms with E-state index in [2.05, 4.69) is 43.1 Å². The van der Waals surface area contributed by atoms with Crippen LogP contribution in [-0.4, -0.2) is 43.1 Å². The van der Waals surface area contributed by atoms with Crippen LogP contribution in [0.2, 0.25) is 0 Å². The van der Waals surface area contributed by atoms with Crippen molar-refractivity contribution >= 4 is 5.82 Å². The van der Waals surface area contributed by atoms with E-state index in [1.807, 2.05) is 4.68 Å². The van der Waals surface area contributed by atoms with Crippen molar-refractivity contribution in [2.24, 2.45) is 18.9 Å². The van der Waals surface area contributed by atoms with E-state index in [1.165, 1.54) is 17.8 Å². The molecule has 1 unspecified atom stereocenters. The molecule has 0 spiro atoms. The number of rotatable bonds is 7. The second-order valence-corrected chi connectivity index (χ2v) is 6.59. The molecule has 1 aromatic rings. The molecule has 1 N–H and O–H groups in total. The Balaban J connectivity index is 2.08. The van der Waals surface area contributed by atoms with Crippen LogP contribution in [-0.2, 0) is 18.3 Å². The summed E-state index contributed by atoms with van der Waals surface area (Å²) in [4.78, 5) is 2.47. The SMILES string of the molecule is COCC1CCN(c2c(CNCC(C)C)c(C)nn2C)C1. The van der Waals surface area contributed by atoms with Gasteiger partial charge in [-0.05, 0) is 25.8 Å². The Morgan fingerprint density at radius 2 is 2.19 bits per heavy atom. The zero-order valence-corrected chi connectivity index (χ0v) is 14.1. The predicted molar refractivity (Wildman–Crippen MR) is 86.7 cm³/mol. The number of nitrogens with one attached hydrogen (secondary N) is 1. The Morgan fingerprint density at radius 1 is 1.43 bits per heavy atom. The van der Waals surface area contributed by atoms with Crippen LogP contribution in [0.4, 0.5) is 5.82 Å². The van der Waals surface area contributed by atoms with Gasteiger partial charge in [0.05, 0.1) is 12.3 Å². The molecule has 1 atom stereocenters. The van der Waals surface area contributed by atoms with Crippen molar-refractivity contribution in [3.05, 3.63) is 11.3 Å². The molecule has 120 valence electrons. The molecule has 1 aliphatic rings. The highest BCUT2D eigenvalue weighted by molar-refractivity contribution is 5.51. The number of aryl methyl sites for hydroxylation is 2. The first-order valence-electron chi connectivity index (χ1n) is 8.00. The first-order chi connectivity index (χ1) is 10.0. The number of hydrogen-bond acceptors (Lipinski definition) is 4. The molecule has 5 nitrogen and oxygen atoms in total. The third-order valence-electron chi connectivity index (χ3n) is 4.16. The Bertz CT molecular complexity index is 455. The smallest absolute Gasteiger partial charge is 0.131 e. The highest BCUT2D eigenvalue weighted by Gasteiger charge is 2.27. The molecule has 0 radical (unpaired) electrons. The van der Waals surface area contributed by atoms with Crippen LogP contribution in [0.5, 0.6) is 0 Å². The van der Waals surface area contributed by atoms with Crippen molar-refractivity contribution in [2.75, 3.05) is 38.3 Å². The van der Waals surface area contributed by atoms with Crippen LogP contribution in [0.1, 0.15) is 31.5 Å². The standard InChI is InChI=1S/C16H30N4O/c1-12(2)8-17-9-15-13(3)18-19(4)16(15)20-7-6-14(10-20)11-21-5/h12,14,17H,6-11H2,1-5H3. The molecule has 5 heteroatoms. The van der Waals surface area contributed by atoms with E-state index in [9.17, 15) is 0 Å². The fraction of sp³-hybridized carbons (Fsp3) is 0.812. The van der Waals surface area contributed by atoms with Crippen molar-refractivity contribution in [1.29, 1.82) is 0 Å². The van der Waals surface area contributed by atoms with Gasteiger partial charge in [0.15, 0.2) is 0 Å². The molecule has 1 aliphatic heterocycles. The molecule has 0 aliphatic carbocycles. The van der Waals surface area contributed by atoms with E-state index in [1.54, 1.807) is 7.11 Å². The van der Waals surface area contributed by atoms with Crippen LogP contribution in [0.3, 0.4) is 0 Å². The van der Waals surface area contributed by atoms with Gasteiger partial charge in [-0.1, -0.05) is 13.8 Å². The molecular weight excluding hydrogens is 264 g/mol. The van der Waals surface area contributed by atoms with E-state index in [-0.39, 0.29) is 0 Å². The monoisotopic (exact) mass is 294 g/mol. The van der Waals surface area contributed by atoms with Crippen molar-refractivity contribution in [3.8, 4) is 0 Å². The van der Waals surface area contributed by atoms with Crippen molar-refractivity contribution in [3.63, 3.8) is 0 Å². The van der Waals surface area contributed by atoms with Gasteiger partial charge in [0, 0.05) is 45.3 Å². The first-order valence-corrected chi connectivity index (χ1v) is 8.00. The summed E-state index contributed by atoms with van der Waals surface area (Å²) in [5, 5.41) is 8.18. The molecule has 0 bridgehead atoms. The fourth-order valence-corrected chi connectivity index (χ4v) is 3.17. The maximum absolute atomic E-state index is 5.31. The normalized spacial score (nSPS) is 19.0. The van der Waals surface area contributed by atoms with E-state index in [0.717, 1.165) is 38.5 Å². The third kappa shape index (κ3) is 3.98. The van der Waals surface area contributed by atoms with Gasteiger partial charge >= 0.3 is 0 Å². The molecule has 0 aromatic carbocycles. The largest absolute Gasteiger partial charge is 0.384 e. The van der Waals surface area contributed by atoms with Crippen LogP contribution in [0.15, 0.2) is 0 Å². The Hall–Kier alpha value is -1.07. The van der Waals surface area contributed by atoms with E-state index >= 15 is 0 Å². The highest BCUT2D eigenvalue weighted by Crippen LogP contribution is 2.28. The summed E-state index contributed by atoms with van der Waals surface area (Å²) < 4.78 is 7.34. The van der Waals surface area contributed by atoms with Crippen molar-refractivity contribution < 1.29 is 4.74 Å². The number of anilines is 1. The third-order valence-corrected chi connectivity index (χ3v) is 4.16. The van der Waals surface area contributed by atoms with Gasteiger partial charge in [0.25, 0.3) is 0 Å². The summed E-state index contributed by atoms with van der Waals surface area (Å²) in [6.45, 7) is 11.6. The van der Waals surface area contributed by atoms with Gasteiger partial charge in [0.1, 0.15) is 5.82 Å². The van der Waals surface area contributed by atoms with Crippen LogP contribution in [0.25, 0.3) is 0 Å². The number of ether oxygens (including phenoxy) is 1. The lowest BCUT2D eigenvalue weighted by Gasteiger charge is -2.21. The molecule has 0 saturated carbocycles. The number of nitrogens with zero attached hydrogens (tertiary/aromatic N) is 3. The molecule has 2 heterocycles. The quantitative estimate of drug-likeness (QED) is 0.834. The fourth-order valence-electron chi connectivity index (χ4n) is 3.17. The van der Waals surface area contributed by atoms with Crippen molar-refractivity contribution in [2.45, 2.75) is 33.7 Å². The molecular formula is C16H30N4O. The van der Waals surface area contributed by atoms with Gasteiger partial charge in [-0.3, -0.25) is 4.68 Å². The van der Waals surface area contributed by atoms with Crippen LogP contribution < -0.4 is 10.2 Å². The second-order valence-electron chi connectivity index (χ2n) is 6.59. The minimum atomic E-state index is 0.640. The summed E-state index contributed by atoms with van der Waals surface area (Å²) in [6, 6.07) is 0. The second kappa shape index (κ2) is 7.27. The summed E-state index contributed by atoms with van der Waals surface area (Å²) >= 11 is 0. The average Bonchev–Trinajstić information content (AvgIpc) is 2.95. The number of hydrogen-bond donors (Lipinski definition) is 1. The summed E-state index contributed by atoms with van der Waals surface area (Å²) in [5.74, 6) is 2.59. The molecule has 1 saturated heterocycles.